The molecule has 1 amide bonds. The highest BCUT2D eigenvalue weighted by Crippen LogP contribution is 2.30. The Morgan fingerprint density at radius 3 is 2.70 bits per heavy atom. The van der Waals surface area contributed by atoms with E-state index in [9.17, 15) is 4.79 Å². The average molecular weight is 460 g/mol. The van der Waals surface area contributed by atoms with Crippen LogP contribution in [0.25, 0.3) is 22.3 Å². The zero-order valence-electron chi connectivity index (χ0n) is 18.5. The van der Waals surface area contributed by atoms with Gasteiger partial charge in [-0.05, 0) is 48.9 Å². The molecule has 6 nitrogen and oxygen atoms in total. The Kier molecular flexibility index (Phi) is 7.47. The summed E-state index contributed by atoms with van der Waals surface area (Å²) >= 11 is 6.23. The van der Waals surface area contributed by atoms with Gasteiger partial charge in [-0.15, -0.1) is 0 Å². The summed E-state index contributed by atoms with van der Waals surface area (Å²) < 4.78 is 0. The van der Waals surface area contributed by atoms with Gasteiger partial charge in [-0.2, -0.15) is 0 Å². The number of rotatable bonds is 9. The normalized spacial score (nSPS) is 10.8. The van der Waals surface area contributed by atoms with Crippen LogP contribution in [0.1, 0.15) is 43.0 Å². The highest BCUT2D eigenvalue weighted by atomic mass is 35.5. The first-order valence-corrected chi connectivity index (χ1v) is 11.6. The number of para-hydroxylation sites is 1. The van der Waals surface area contributed by atoms with Crippen molar-refractivity contribution in [3.63, 3.8) is 0 Å². The van der Waals surface area contributed by atoms with Crippen LogP contribution in [0.15, 0.2) is 67.0 Å². The fraction of sp³-hybridized carbons (Fsp3) is 0.231. The molecule has 2 heterocycles. The molecule has 2 N–H and O–H groups in total. The number of nitrogens with zero attached hydrogens (tertiary/aromatic N) is 3. The predicted octanol–water partition coefficient (Wildman–Crippen LogP) is 6.40. The minimum absolute atomic E-state index is 0.108. The lowest BCUT2D eigenvalue weighted by atomic mass is 10.1. The number of amides is 1. The maximum Gasteiger partial charge on any atom is 0.253 e. The van der Waals surface area contributed by atoms with Crippen molar-refractivity contribution >= 4 is 39.9 Å². The molecular weight excluding hydrogens is 434 g/mol. The van der Waals surface area contributed by atoms with Crippen LogP contribution in [0.2, 0.25) is 5.02 Å². The number of halogens is 1. The lowest BCUT2D eigenvalue weighted by Gasteiger charge is -2.14. The van der Waals surface area contributed by atoms with E-state index in [1.165, 1.54) is 12.8 Å². The number of carbonyl (C=O) groups excluding carboxylic acids is 1. The van der Waals surface area contributed by atoms with Gasteiger partial charge in [-0.25, -0.2) is 9.97 Å². The number of nitrogens with one attached hydrogen (secondary N) is 2. The fourth-order valence-electron chi connectivity index (χ4n) is 3.59. The van der Waals surface area contributed by atoms with Gasteiger partial charge in [0.15, 0.2) is 5.82 Å². The first-order chi connectivity index (χ1) is 16.2. The molecule has 0 unspecified atom stereocenters. The van der Waals surface area contributed by atoms with Crippen molar-refractivity contribution < 1.29 is 4.79 Å². The van der Waals surface area contributed by atoms with E-state index < -0.39 is 0 Å². The van der Waals surface area contributed by atoms with Gasteiger partial charge in [0.2, 0.25) is 0 Å². The van der Waals surface area contributed by atoms with Crippen LogP contribution in [0, 0.1) is 0 Å². The number of pyridine rings is 1. The minimum Gasteiger partial charge on any atom is -0.352 e. The van der Waals surface area contributed by atoms with Gasteiger partial charge >= 0.3 is 0 Å². The van der Waals surface area contributed by atoms with Gasteiger partial charge in [0, 0.05) is 34.9 Å². The monoisotopic (exact) mass is 459 g/mol. The Balaban J connectivity index is 1.66. The van der Waals surface area contributed by atoms with Crippen molar-refractivity contribution in [3.05, 3.63) is 77.6 Å². The van der Waals surface area contributed by atoms with Gasteiger partial charge in [0.25, 0.3) is 5.91 Å². The van der Waals surface area contributed by atoms with Crippen LogP contribution in [0.3, 0.4) is 0 Å². The van der Waals surface area contributed by atoms with E-state index in [0.717, 1.165) is 23.8 Å². The Morgan fingerprint density at radius 2 is 1.88 bits per heavy atom. The average Bonchev–Trinajstić information content (AvgIpc) is 2.84. The first kappa shape index (κ1) is 22.7. The van der Waals surface area contributed by atoms with Crippen LogP contribution >= 0.6 is 11.6 Å². The molecule has 168 valence electrons. The minimum atomic E-state index is -0.108. The van der Waals surface area contributed by atoms with E-state index in [2.05, 4.69) is 27.5 Å². The third-order valence-corrected chi connectivity index (χ3v) is 5.55. The second kappa shape index (κ2) is 10.9. The maximum atomic E-state index is 12.9. The maximum absolute atomic E-state index is 12.9. The number of fused-ring (bicyclic) bond motifs is 1. The fourth-order valence-corrected chi connectivity index (χ4v) is 3.76. The lowest BCUT2D eigenvalue weighted by Crippen LogP contribution is -2.25. The molecule has 0 aliphatic carbocycles. The molecule has 4 aromatic rings. The van der Waals surface area contributed by atoms with Crippen LogP contribution in [0.5, 0.6) is 0 Å². The number of carbonyl (C=O) groups is 1. The molecule has 4 rings (SSSR count). The van der Waals surface area contributed by atoms with E-state index in [1.807, 2.05) is 42.5 Å². The molecule has 0 fully saturated rings. The number of anilines is 2. The summed E-state index contributed by atoms with van der Waals surface area (Å²) in [5.41, 5.74) is 2.74. The molecule has 0 atom stereocenters. The third-order valence-electron chi connectivity index (χ3n) is 5.32. The summed E-state index contributed by atoms with van der Waals surface area (Å²) in [4.78, 5) is 26.5. The Labute approximate surface area is 198 Å². The standard InChI is InChI=1S/C26H26ClN5O/c1-2-3-4-7-15-29-26(33)21-10-5-6-11-22(21)30-25-20-13-12-19(27)16-23(20)31-24(32-25)18-9-8-14-28-17-18/h5-6,8-14,16-17H,2-4,7,15H2,1H3,(H,29,33)(H,30,31,32). The largest absolute Gasteiger partial charge is 0.352 e. The van der Waals surface area contributed by atoms with Gasteiger partial charge in [-0.3, -0.25) is 9.78 Å². The summed E-state index contributed by atoms with van der Waals surface area (Å²) in [6, 6.07) is 16.7. The van der Waals surface area contributed by atoms with E-state index in [4.69, 9.17) is 16.6 Å². The van der Waals surface area contributed by atoms with E-state index in [1.54, 1.807) is 24.5 Å². The van der Waals surface area contributed by atoms with Crippen LogP contribution in [0.4, 0.5) is 11.5 Å². The molecule has 0 bridgehead atoms. The molecule has 0 saturated heterocycles. The van der Waals surface area contributed by atoms with Crippen molar-refractivity contribution in [2.75, 3.05) is 11.9 Å². The van der Waals surface area contributed by atoms with Gasteiger partial charge in [-0.1, -0.05) is 49.9 Å². The Bertz CT molecular complexity index is 1250. The lowest BCUT2D eigenvalue weighted by molar-refractivity contribution is 0.0954. The van der Waals surface area contributed by atoms with Crippen LogP contribution in [-0.4, -0.2) is 27.4 Å². The third kappa shape index (κ3) is 5.65. The SMILES string of the molecule is CCCCCCNC(=O)c1ccccc1Nc1nc(-c2cccnc2)nc2cc(Cl)ccc12. The zero-order chi connectivity index (χ0) is 23.0. The van der Waals surface area contributed by atoms with Crippen LogP contribution in [-0.2, 0) is 0 Å². The molecule has 2 aromatic heterocycles. The highest BCUT2D eigenvalue weighted by Gasteiger charge is 2.15. The van der Waals surface area contributed by atoms with Gasteiger partial charge in [0.1, 0.15) is 5.82 Å². The number of unbranched alkanes of at least 4 members (excludes halogenated alkanes) is 3. The number of hydrogen-bond acceptors (Lipinski definition) is 5. The van der Waals surface area contributed by atoms with Crippen molar-refractivity contribution in [1.29, 1.82) is 0 Å². The molecule has 0 aliphatic heterocycles. The molecule has 0 aliphatic rings. The van der Waals surface area contributed by atoms with Gasteiger partial charge in [0.05, 0.1) is 16.8 Å². The van der Waals surface area contributed by atoms with E-state index >= 15 is 0 Å². The molecule has 7 heteroatoms. The Hall–Kier alpha value is -3.51. The summed E-state index contributed by atoms with van der Waals surface area (Å²) in [6.07, 6.45) is 7.86. The zero-order valence-corrected chi connectivity index (χ0v) is 19.3. The molecule has 0 spiro atoms. The van der Waals surface area contributed by atoms with E-state index in [-0.39, 0.29) is 5.91 Å². The molecule has 0 saturated carbocycles. The van der Waals surface area contributed by atoms with Gasteiger partial charge < -0.3 is 10.6 Å². The second-order valence-electron chi connectivity index (χ2n) is 7.79. The first-order valence-electron chi connectivity index (χ1n) is 11.2. The number of benzene rings is 2. The molecule has 0 radical (unpaired) electrons. The van der Waals surface area contributed by atoms with Crippen molar-refractivity contribution in [2.24, 2.45) is 0 Å². The van der Waals surface area contributed by atoms with E-state index in [0.29, 0.717) is 40.0 Å². The summed E-state index contributed by atoms with van der Waals surface area (Å²) in [6.45, 7) is 2.83. The topological polar surface area (TPSA) is 79.8 Å². The van der Waals surface area contributed by atoms with Crippen molar-refractivity contribution in [1.82, 2.24) is 20.3 Å². The highest BCUT2D eigenvalue weighted by molar-refractivity contribution is 6.31. The smallest absolute Gasteiger partial charge is 0.253 e. The number of hydrogen-bond donors (Lipinski definition) is 2. The molecular formula is C26H26ClN5O. The molecule has 2 aromatic carbocycles. The summed E-state index contributed by atoms with van der Waals surface area (Å²) in [7, 11) is 0. The summed E-state index contributed by atoms with van der Waals surface area (Å²) in [5, 5.41) is 7.79. The predicted molar refractivity (Wildman–Crippen MR) is 134 cm³/mol. The Morgan fingerprint density at radius 1 is 1.00 bits per heavy atom. The quantitative estimate of drug-likeness (QED) is 0.283. The second-order valence-corrected chi connectivity index (χ2v) is 8.22. The summed E-state index contributed by atoms with van der Waals surface area (Å²) in [5.74, 6) is 1.01. The van der Waals surface area contributed by atoms with Crippen molar-refractivity contribution in [2.45, 2.75) is 32.6 Å². The molecule has 33 heavy (non-hydrogen) atoms. The van der Waals surface area contributed by atoms with Crippen LogP contribution < -0.4 is 10.6 Å². The number of aromatic nitrogens is 3. The van der Waals surface area contributed by atoms with Crippen molar-refractivity contribution in [3.8, 4) is 11.4 Å².